The van der Waals surface area contributed by atoms with Crippen molar-refractivity contribution in [2.45, 2.75) is 25.7 Å². The van der Waals surface area contributed by atoms with Crippen molar-refractivity contribution in [3.8, 4) is 0 Å². The number of hydrogen-bond acceptors (Lipinski definition) is 2. The molecule has 2 aliphatic rings. The molecule has 2 aromatic rings. The van der Waals surface area contributed by atoms with Crippen molar-refractivity contribution >= 4 is 23.2 Å². The number of benzene rings is 2. The van der Waals surface area contributed by atoms with Gasteiger partial charge < -0.3 is 14.7 Å². The molecule has 0 bridgehead atoms. The summed E-state index contributed by atoms with van der Waals surface area (Å²) >= 11 is 5.74. The van der Waals surface area contributed by atoms with E-state index in [0.717, 1.165) is 17.2 Å². The highest BCUT2D eigenvalue weighted by atomic mass is 32.1. The number of thiocarbonyl (C=S) groups is 1. The normalized spacial score (nSPS) is 19.7. The van der Waals surface area contributed by atoms with Gasteiger partial charge in [-0.25, -0.2) is 0 Å². The Bertz CT molecular complexity index is 822. The number of amides is 1. The fourth-order valence-corrected chi connectivity index (χ4v) is 3.82. The van der Waals surface area contributed by atoms with Crippen LogP contribution in [-0.2, 0) is 17.9 Å². The zero-order valence-electron chi connectivity index (χ0n) is 14.5. The fraction of sp³-hybridized carbons (Fsp3) is 0.238. The standard InChI is InChI=1S/C21H21N3OS/c25-20-12-14-23-19(24(20)16-18-9-5-2-6-10-18)11-13-22(21(23)26)15-17-7-3-1-4-8-17/h1-11,13,19H,12,14-16H2. The van der Waals surface area contributed by atoms with Crippen molar-refractivity contribution in [2.75, 3.05) is 6.54 Å². The number of carbonyl (C=O) groups is 1. The average molecular weight is 363 g/mol. The number of carbonyl (C=O) groups excluding carboxylic acids is 1. The molecule has 0 saturated carbocycles. The molecule has 1 amide bonds. The predicted molar refractivity (Wildman–Crippen MR) is 106 cm³/mol. The molecule has 2 aromatic carbocycles. The summed E-state index contributed by atoms with van der Waals surface area (Å²) in [6.45, 7) is 2.02. The first-order chi connectivity index (χ1) is 12.7. The number of hydrogen-bond donors (Lipinski definition) is 0. The number of fused-ring (bicyclic) bond motifs is 1. The molecule has 2 heterocycles. The Hall–Kier alpha value is -2.66. The number of rotatable bonds is 4. The molecule has 5 heteroatoms. The molecular weight excluding hydrogens is 342 g/mol. The van der Waals surface area contributed by atoms with E-state index in [2.05, 4.69) is 40.1 Å². The Balaban J connectivity index is 1.55. The van der Waals surface area contributed by atoms with E-state index >= 15 is 0 Å². The molecule has 4 nitrogen and oxygen atoms in total. The maximum absolute atomic E-state index is 12.5. The Labute approximate surface area is 159 Å². The summed E-state index contributed by atoms with van der Waals surface area (Å²) in [5.41, 5.74) is 2.35. The Morgan fingerprint density at radius 3 is 2.19 bits per heavy atom. The van der Waals surface area contributed by atoms with Crippen molar-refractivity contribution < 1.29 is 4.79 Å². The van der Waals surface area contributed by atoms with Gasteiger partial charge >= 0.3 is 0 Å². The molecule has 0 aromatic heterocycles. The van der Waals surface area contributed by atoms with Gasteiger partial charge in [-0.1, -0.05) is 60.7 Å². The molecule has 1 fully saturated rings. The molecule has 0 N–H and O–H groups in total. The van der Waals surface area contributed by atoms with E-state index in [1.165, 1.54) is 5.56 Å². The Morgan fingerprint density at radius 2 is 1.54 bits per heavy atom. The third-order valence-corrected chi connectivity index (χ3v) is 5.32. The first kappa shape index (κ1) is 16.8. The van der Waals surface area contributed by atoms with E-state index in [1.54, 1.807) is 0 Å². The van der Waals surface area contributed by atoms with Crippen LogP contribution in [0.2, 0.25) is 0 Å². The minimum absolute atomic E-state index is 0.101. The zero-order chi connectivity index (χ0) is 17.9. The molecule has 0 radical (unpaired) electrons. The van der Waals surface area contributed by atoms with Gasteiger partial charge in [-0.15, -0.1) is 0 Å². The monoisotopic (exact) mass is 363 g/mol. The molecular formula is C21H21N3OS. The van der Waals surface area contributed by atoms with Crippen molar-refractivity contribution in [1.82, 2.24) is 14.7 Å². The minimum Gasteiger partial charge on any atom is -0.324 e. The third kappa shape index (κ3) is 3.35. The lowest BCUT2D eigenvalue weighted by molar-refractivity contribution is -0.140. The largest absolute Gasteiger partial charge is 0.324 e. The van der Waals surface area contributed by atoms with Gasteiger partial charge in [0, 0.05) is 32.3 Å². The first-order valence-electron chi connectivity index (χ1n) is 8.85. The van der Waals surface area contributed by atoms with Crippen LogP contribution < -0.4 is 0 Å². The molecule has 2 aliphatic heterocycles. The second-order valence-corrected chi connectivity index (χ2v) is 6.97. The second-order valence-electron chi connectivity index (χ2n) is 6.60. The van der Waals surface area contributed by atoms with Crippen LogP contribution in [0.25, 0.3) is 0 Å². The lowest BCUT2D eigenvalue weighted by Gasteiger charge is -2.47. The highest BCUT2D eigenvalue weighted by molar-refractivity contribution is 7.80. The summed E-state index contributed by atoms with van der Waals surface area (Å²) in [6.07, 6.45) is 4.50. The zero-order valence-corrected chi connectivity index (χ0v) is 15.3. The molecule has 4 rings (SSSR count). The van der Waals surface area contributed by atoms with E-state index in [4.69, 9.17) is 12.2 Å². The molecule has 132 valence electrons. The average Bonchev–Trinajstić information content (AvgIpc) is 2.68. The minimum atomic E-state index is -0.101. The smallest absolute Gasteiger partial charge is 0.226 e. The lowest BCUT2D eigenvalue weighted by atomic mass is 10.1. The van der Waals surface area contributed by atoms with Gasteiger partial charge in [0.25, 0.3) is 0 Å². The van der Waals surface area contributed by atoms with E-state index < -0.39 is 0 Å². The maximum atomic E-state index is 12.5. The SMILES string of the molecule is O=C1CCN2C(=S)N(Cc3ccccc3)C=CC2N1Cc1ccccc1. The van der Waals surface area contributed by atoms with Crippen molar-refractivity contribution in [1.29, 1.82) is 0 Å². The third-order valence-electron chi connectivity index (χ3n) is 4.85. The van der Waals surface area contributed by atoms with Gasteiger partial charge in [-0.05, 0) is 29.4 Å². The van der Waals surface area contributed by atoms with Crippen LogP contribution in [0.1, 0.15) is 17.5 Å². The summed E-state index contributed by atoms with van der Waals surface area (Å²) < 4.78 is 0. The highest BCUT2D eigenvalue weighted by Crippen LogP contribution is 2.25. The summed E-state index contributed by atoms with van der Waals surface area (Å²) in [7, 11) is 0. The summed E-state index contributed by atoms with van der Waals surface area (Å²) in [5, 5.41) is 0.784. The second kappa shape index (κ2) is 7.30. The van der Waals surface area contributed by atoms with Gasteiger partial charge in [0.15, 0.2) is 5.11 Å². The molecule has 0 aliphatic carbocycles. The highest BCUT2D eigenvalue weighted by Gasteiger charge is 2.37. The van der Waals surface area contributed by atoms with Gasteiger partial charge in [0.2, 0.25) is 5.91 Å². The quantitative estimate of drug-likeness (QED) is 0.779. The maximum Gasteiger partial charge on any atom is 0.226 e. The Kier molecular flexibility index (Phi) is 4.71. The molecule has 26 heavy (non-hydrogen) atoms. The summed E-state index contributed by atoms with van der Waals surface area (Å²) in [6, 6.07) is 20.4. The first-order valence-corrected chi connectivity index (χ1v) is 9.26. The summed E-state index contributed by atoms with van der Waals surface area (Å²) in [5.74, 6) is 0.180. The van der Waals surface area contributed by atoms with Crippen LogP contribution in [0.3, 0.4) is 0 Å². The topological polar surface area (TPSA) is 26.8 Å². The Morgan fingerprint density at radius 1 is 0.923 bits per heavy atom. The van der Waals surface area contributed by atoms with Crippen LogP contribution in [0.5, 0.6) is 0 Å². The van der Waals surface area contributed by atoms with E-state index in [1.807, 2.05) is 47.5 Å². The van der Waals surface area contributed by atoms with Gasteiger partial charge in [0.1, 0.15) is 6.17 Å². The lowest BCUT2D eigenvalue weighted by Crippen LogP contribution is -2.60. The molecule has 1 unspecified atom stereocenters. The molecule has 1 saturated heterocycles. The summed E-state index contributed by atoms with van der Waals surface area (Å²) in [4.78, 5) is 18.7. The van der Waals surface area contributed by atoms with Crippen LogP contribution >= 0.6 is 12.2 Å². The van der Waals surface area contributed by atoms with Gasteiger partial charge in [-0.3, -0.25) is 4.79 Å². The van der Waals surface area contributed by atoms with Crippen LogP contribution in [-0.4, -0.2) is 38.4 Å². The molecule has 1 atom stereocenters. The fourth-order valence-electron chi connectivity index (χ4n) is 3.50. The predicted octanol–water partition coefficient (Wildman–Crippen LogP) is 3.36. The molecule has 0 spiro atoms. The van der Waals surface area contributed by atoms with Crippen LogP contribution in [0.15, 0.2) is 72.9 Å². The number of nitrogens with zero attached hydrogens (tertiary/aromatic N) is 3. The van der Waals surface area contributed by atoms with E-state index in [9.17, 15) is 4.79 Å². The van der Waals surface area contributed by atoms with Crippen molar-refractivity contribution in [3.05, 3.63) is 84.1 Å². The van der Waals surface area contributed by atoms with Gasteiger partial charge in [0.05, 0.1) is 0 Å². The van der Waals surface area contributed by atoms with Crippen LogP contribution in [0.4, 0.5) is 0 Å². The van der Waals surface area contributed by atoms with Gasteiger partial charge in [-0.2, -0.15) is 0 Å². The van der Waals surface area contributed by atoms with E-state index in [0.29, 0.717) is 19.5 Å². The van der Waals surface area contributed by atoms with Crippen molar-refractivity contribution in [2.24, 2.45) is 0 Å². The van der Waals surface area contributed by atoms with E-state index in [-0.39, 0.29) is 12.1 Å². The van der Waals surface area contributed by atoms with Crippen molar-refractivity contribution in [3.63, 3.8) is 0 Å². The van der Waals surface area contributed by atoms with Crippen LogP contribution in [0, 0.1) is 0 Å².